The summed E-state index contributed by atoms with van der Waals surface area (Å²) < 4.78 is 0. The van der Waals surface area contributed by atoms with Gasteiger partial charge in [-0.15, -0.1) is 0 Å². The molecule has 5 rings (SSSR count). The maximum Gasteiger partial charge on any atom is 0.247 e. The molecule has 1 aliphatic heterocycles. The number of carbonyl (C=O) groups excluding carboxylic acids is 2. The number of aromatic nitrogens is 3. The zero-order valence-corrected chi connectivity index (χ0v) is 19.7. The van der Waals surface area contributed by atoms with E-state index in [9.17, 15) is 9.59 Å². The number of pyridine rings is 1. The highest BCUT2D eigenvalue weighted by molar-refractivity contribution is 5.99. The lowest BCUT2D eigenvalue weighted by Crippen LogP contribution is -2.56. The third-order valence-corrected chi connectivity index (χ3v) is 5.93. The van der Waals surface area contributed by atoms with Crippen LogP contribution in [0.3, 0.4) is 0 Å². The van der Waals surface area contributed by atoms with Gasteiger partial charge >= 0.3 is 0 Å². The molecule has 1 fully saturated rings. The highest BCUT2D eigenvalue weighted by Gasteiger charge is 2.28. The van der Waals surface area contributed by atoms with Crippen molar-refractivity contribution in [3.8, 4) is 11.3 Å². The van der Waals surface area contributed by atoms with E-state index in [2.05, 4.69) is 32.5 Å². The average molecular weight is 480 g/mol. The number of hydrogen-bond donors (Lipinski definition) is 3. The molecule has 36 heavy (non-hydrogen) atoms. The summed E-state index contributed by atoms with van der Waals surface area (Å²) in [6.07, 6.45) is 4.70. The van der Waals surface area contributed by atoms with Crippen molar-refractivity contribution in [2.24, 2.45) is 0 Å². The topological polar surface area (TPSA) is 112 Å². The summed E-state index contributed by atoms with van der Waals surface area (Å²) in [4.78, 5) is 38.6. The van der Waals surface area contributed by atoms with E-state index in [1.807, 2.05) is 48.5 Å². The number of nitrogens with one attached hydrogen (secondary N) is 3. The van der Waals surface area contributed by atoms with Crippen LogP contribution in [0.4, 0.5) is 23.0 Å². The van der Waals surface area contributed by atoms with E-state index in [0.717, 1.165) is 35.4 Å². The third-order valence-electron chi connectivity index (χ3n) is 5.93. The molecular weight excluding hydrogens is 454 g/mol. The van der Waals surface area contributed by atoms with Crippen molar-refractivity contribution in [3.63, 3.8) is 0 Å². The molecule has 0 saturated carbocycles. The summed E-state index contributed by atoms with van der Waals surface area (Å²) >= 11 is 0. The van der Waals surface area contributed by atoms with Crippen molar-refractivity contribution >= 4 is 45.7 Å². The van der Waals surface area contributed by atoms with Crippen LogP contribution in [0.25, 0.3) is 22.2 Å². The molecule has 3 heterocycles. The van der Waals surface area contributed by atoms with Crippen LogP contribution < -0.4 is 16.0 Å². The van der Waals surface area contributed by atoms with Crippen molar-refractivity contribution in [2.75, 3.05) is 29.0 Å². The van der Waals surface area contributed by atoms with E-state index in [0.29, 0.717) is 22.8 Å². The Hall–Kier alpha value is -4.79. The second-order valence-electron chi connectivity index (χ2n) is 8.53. The SMILES string of the molecule is C=CC(=O)Nc1cccc(-c2nccc3cnc(Nc4ccc(NC5CN(C(C)=O)C5)cc4)nc23)c1. The second kappa shape index (κ2) is 9.83. The third kappa shape index (κ3) is 5.00. The molecule has 2 amide bonds. The summed E-state index contributed by atoms with van der Waals surface area (Å²) in [5.74, 6) is 0.275. The monoisotopic (exact) mass is 479 g/mol. The molecule has 0 spiro atoms. The quantitative estimate of drug-likeness (QED) is 0.341. The smallest absolute Gasteiger partial charge is 0.247 e. The fraction of sp³-hybridized carbons (Fsp3) is 0.148. The maximum atomic E-state index is 11.7. The number of likely N-dealkylation sites (tertiary alicyclic amines) is 1. The zero-order valence-electron chi connectivity index (χ0n) is 19.7. The molecule has 0 radical (unpaired) electrons. The molecule has 9 nitrogen and oxygen atoms in total. The fourth-order valence-corrected chi connectivity index (χ4v) is 4.01. The normalized spacial score (nSPS) is 13.1. The molecule has 2 aromatic carbocycles. The molecule has 3 N–H and O–H groups in total. The van der Waals surface area contributed by atoms with Gasteiger partial charge in [0, 0.05) is 60.4 Å². The number of anilines is 4. The Labute approximate surface area is 208 Å². The van der Waals surface area contributed by atoms with Gasteiger partial charge in [0.25, 0.3) is 0 Å². The Kier molecular flexibility index (Phi) is 6.27. The van der Waals surface area contributed by atoms with Crippen molar-refractivity contribution in [1.82, 2.24) is 19.9 Å². The van der Waals surface area contributed by atoms with Gasteiger partial charge in [0.1, 0.15) is 5.52 Å². The van der Waals surface area contributed by atoms with E-state index in [-0.39, 0.29) is 17.9 Å². The molecule has 0 atom stereocenters. The minimum absolute atomic E-state index is 0.105. The minimum atomic E-state index is -0.279. The highest BCUT2D eigenvalue weighted by atomic mass is 16.2. The van der Waals surface area contributed by atoms with Crippen LogP contribution in [0.1, 0.15) is 6.92 Å². The minimum Gasteiger partial charge on any atom is -0.379 e. The molecule has 9 heteroatoms. The first-order chi connectivity index (χ1) is 17.5. The Morgan fingerprint density at radius 3 is 2.56 bits per heavy atom. The average Bonchev–Trinajstić information content (AvgIpc) is 2.86. The summed E-state index contributed by atoms with van der Waals surface area (Å²) in [5, 5.41) is 10.3. The first kappa shape index (κ1) is 23.0. The Bertz CT molecular complexity index is 1450. The highest BCUT2D eigenvalue weighted by Crippen LogP contribution is 2.28. The summed E-state index contributed by atoms with van der Waals surface area (Å²) in [6.45, 7) is 6.52. The van der Waals surface area contributed by atoms with Crippen molar-refractivity contribution in [2.45, 2.75) is 13.0 Å². The summed E-state index contributed by atoms with van der Waals surface area (Å²) in [7, 11) is 0. The van der Waals surface area contributed by atoms with Gasteiger partial charge in [-0.2, -0.15) is 0 Å². The van der Waals surface area contributed by atoms with Crippen molar-refractivity contribution < 1.29 is 9.59 Å². The van der Waals surface area contributed by atoms with Crippen molar-refractivity contribution in [3.05, 3.63) is 79.6 Å². The van der Waals surface area contributed by atoms with Gasteiger partial charge in [-0.25, -0.2) is 9.97 Å². The molecule has 0 bridgehead atoms. The van der Waals surface area contributed by atoms with Crippen molar-refractivity contribution in [1.29, 1.82) is 0 Å². The number of hydrogen-bond acceptors (Lipinski definition) is 7. The van der Waals surface area contributed by atoms with Gasteiger partial charge in [0.2, 0.25) is 17.8 Å². The standard InChI is InChI=1S/C27H25N7O2/c1-3-24(36)31-22-6-4-5-18(13-22)25-26-19(11-12-28-25)14-29-27(33-26)32-21-9-7-20(8-10-21)30-23-15-34(16-23)17(2)35/h3-14,23,30H,1,15-16H2,2H3,(H,31,36)(H,29,32,33). The number of rotatable bonds is 7. The molecule has 2 aromatic heterocycles. The molecule has 0 unspecified atom stereocenters. The van der Waals surface area contributed by atoms with Crippen LogP contribution in [0, 0.1) is 0 Å². The van der Waals surface area contributed by atoms with E-state index >= 15 is 0 Å². The number of amides is 2. The van der Waals surface area contributed by atoms with Gasteiger partial charge in [-0.1, -0.05) is 18.7 Å². The van der Waals surface area contributed by atoms with Gasteiger partial charge in [-0.3, -0.25) is 14.6 Å². The van der Waals surface area contributed by atoms with Gasteiger partial charge in [-0.05, 0) is 48.5 Å². The fourth-order valence-electron chi connectivity index (χ4n) is 4.01. The summed E-state index contributed by atoms with van der Waals surface area (Å²) in [5.41, 5.74) is 4.68. The predicted molar refractivity (Wildman–Crippen MR) is 141 cm³/mol. The second-order valence-corrected chi connectivity index (χ2v) is 8.53. The number of carbonyl (C=O) groups is 2. The van der Waals surface area contributed by atoms with Crippen LogP contribution >= 0.6 is 0 Å². The molecule has 1 saturated heterocycles. The molecular formula is C27H25N7O2. The van der Waals surface area contributed by atoms with Crippen LogP contribution in [-0.4, -0.2) is 50.8 Å². The molecule has 0 aliphatic carbocycles. The van der Waals surface area contributed by atoms with Crippen LogP contribution in [0.5, 0.6) is 0 Å². The lowest BCUT2D eigenvalue weighted by atomic mass is 10.1. The summed E-state index contributed by atoms with van der Waals surface area (Å²) in [6, 6.07) is 17.4. The largest absolute Gasteiger partial charge is 0.379 e. The van der Waals surface area contributed by atoms with Gasteiger partial charge in [0.15, 0.2) is 0 Å². The molecule has 1 aliphatic rings. The van der Waals surface area contributed by atoms with Crippen LogP contribution in [0.2, 0.25) is 0 Å². The van der Waals surface area contributed by atoms with E-state index in [4.69, 9.17) is 4.98 Å². The Morgan fingerprint density at radius 2 is 1.81 bits per heavy atom. The van der Waals surface area contributed by atoms with Gasteiger partial charge < -0.3 is 20.9 Å². The van der Waals surface area contributed by atoms with E-state index in [1.165, 1.54) is 6.08 Å². The first-order valence-corrected chi connectivity index (χ1v) is 11.5. The van der Waals surface area contributed by atoms with E-state index < -0.39 is 0 Å². The zero-order chi connectivity index (χ0) is 25.1. The number of fused-ring (bicyclic) bond motifs is 1. The molecule has 180 valence electrons. The molecule has 4 aromatic rings. The Morgan fingerprint density at radius 1 is 1.03 bits per heavy atom. The van der Waals surface area contributed by atoms with Crippen LogP contribution in [0.15, 0.2) is 79.6 Å². The predicted octanol–water partition coefficient (Wildman–Crippen LogP) is 4.20. The first-order valence-electron chi connectivity index (χ1n) is 11.5. The number of benzene rings is 2. The Balaban J connectivity index is 1.33. The lowest BCUT2D eigenvalue weighted by molar-refractivity contribution is -0.132. The van der Waals surface area contributed by atoms with Crippen LogP contribution in [-0.2, 0) is 9.59 Å². The number of nitrogens with zero attached hydrogens (tertiary/aromatic N) is 4. The lowest BCUT2D eigenvalue weighted by Gasteiger charge is -2.39. The van der Waals surface area contributed by atoms with Gasteiger partial charge in [0.05, 0.1) is 11.7 Å². The van der Waals surface area contributed by atoms with E-state index in [1.54, 1.807) is 30.3 Å². The maximum absolute atomic E-state index is 11.7.